The lowest BCUT2D eigenvalue weighted by atomic mass is 9.61. The van der Waals surface area contributed by atoms with Crippen LogP contribution in [0.25, 0.3) is 0 Å². The van der Waals surface area contributed by atoms with Gasteiger partial charge in [0.15, 0.2) is 0 Å². The van der Waals surface area contributed by atoms with Crippen molar-refractivity contribution in [3.8, 4) is 0 Å². The highest BCUT2D eigenvalue weighted by Gasteiger charge is 2.50. The second-order valence-corrected chi connectivity index (χ2v) is 17.3. The molecule has 46 heavy (non-hydrogen) atoms. The van der Waals surface area contributed by atoms with Gasteiger partial charge in [0.1, 0.15) is 5.60 Å². The number of fused-ring (bicyclic) bond motifs is 2. The van der Waals surface area contributed by atoms with Crippen LogP contribution in [0.3, 0.4) is 0 Å². The zero-order valence-electron chi connectivity index (χ0n) is 31.5. The number of benzene rings is 2. The molecule has 1 aliphatic rings. The quantitative estimate of drug-likeness (QED) is 0.124. The summed E-state index contributed by atoms with van der Waals surface area (Å²) in [6.07, 6.45) is 20.6. The van der Waals surface area contributed by atoms with E-state index in [1.54, 1.807) is 0 Å². The van der Waals surface area contributed by atoms with Gasteiger partial charge in [-0.2, -0.15) is 0 Å². The van der Waals surface area contributed by atoms with Crippen LogP contribution in [0.5, 0.6) is 0 Å². The van der Waals surface area contributed by atoms with E-state index in [0.29, 0.717) is 0 Å². The fourth-order valence-electron chi connectivity index (χ4n) is 7.96. The van der Waals surface area contributed by atoms with Crippen molar-refractivity contribution in [2.45, 2.75) is 194 Å². The summed E-state index contributed by atoms with van der Waals surface area (Å²) in [6.45, 7) is 22.7. The summed E-state index contributed by atoms with van der Waals surface area (Å²) in [5.41, 5.74) is 8.78. The summed E-state index contributed by atoms with van der Waals surface area (Å²) in [6, 6.07) is 9.31. The molecule has 3 rings (SSSR count). The van der Waals surface area contributed by atoms with E-state index < -0.39 is 14.2 Å². The number of hydrogen-bond acceptors (Lipinski definition) is 3. The van der Waals surface area contributed by atoms with Gasteiger partial charge in [-0.15, -0.1) is 0 Å². The van der Waals surface area contributed by atoms with Crippen LogP contribution in [0.1, 0.15) is 209 Å². The molecule has 0 fully saturated rings. The fourth-order valence-corrected chi connectivity index (χ4v) is 8.51. The van der Waals surface area contributed by atoms with Crippen molar-refractivity contribution >= 4 is 8.60 Å². The lowest BCUT2D eigenvalue weighted by molar-refractivity contribution is 0.0708. The molecule has 0 saturated carbocycles. The monoisotopic (exact) mass is 652 g/mol. The molecule has 0 heterocycles. The summed E-state index contributed by atoms with van der Waals surface area (Å²) < 4.78 is 6.63. The molecule has 0 aliphatic heterocycles. The second kappa shape index (κ2) is 17.4. The Kier molecular flexibility index (Phi) is 14.8. The minimum absolute atomic E-state index is 0.128. The van der Waals surface area contributed by atoms with Gasteiger partial charge in [0, 0.05) is 5.92 Å². The van der Waals surface area contributed by atoms with Crippen LogP contribution in [0, 0.1) is 13.8 Å². The first-order valence-electron chi connectivity index (χ1n) is 18.8. The predicted molar refractivity (Wildman–Crippen MR) is 200 cm³/mol. The Labute approximate surface area is 285 Å². The average molecular weight is 653 g/mol. The summed E-state index contributed by atoms with van der Waals surface area (Å²) in [5, 5.41) is 0. The third-order valence-electron chi connectivity index (χ3n) is 10.4. The Bertz CT molecular complexity index is 1160. The predicted octanol–water partition coefficient (Wildman–Crippen LogP) is 13.1. The van der Waals surface area contributed by atoms with Crippen molar-refractivity contribution in [3.05, 3.63) is 68.8 Å². The highest BCUT2D eigenvalue weighted by atomic mass is 31.2. The number of hydrogen-bond donors (Lipinski definition) is 2. The van der Waals surface area contributed by atoms with Gasteiger partial charge in [0.2, 0.25) is 0 Å². The molecule has 0 unspecified atom stereocenters. The molecule has 0 aromatic heterocycles. The highest BCUT2D eigenvalue weighted by molar-refractivity contribution is 7.39. The van der Waals surface area contributed by atoms with Gasteiger partial charge in [0.05, 0.1) is 0 Å². The Hall–Kier alpha value is -1.25. The van der Waals surface area contributed by atoms with E-state index in [-0.39, 0.29) is 16.7 Å². The van der Waals surface area contributed by atoms with E-state index in [2.05, 4.69) is 93.5 Å². The van der Waals surface area contributed by atoms with Crippen LogP contribution in [-0.4, -0.2) is 9.79 Å². The summed E-state index contributed by atoms with van der Waals surface area (Å²) in [5.74, 6) is 0.188. The molecule has 0 spiro atoms. The standard InChI is InChI=1S/C42H69O3P/c1-11-12-13-14-15-16-17-18-19-20-21-22-23-24-25-26-42(45-46(43)44)38-34(27-31(2)29-36(38)40(5,6)7)33(4)35-28-32(3)30-37(39(35)42)41(8,9)10/h27-30,33,43-44H,11-26H2,1-10H3. The van der Waals surface area contributed by atoms with Gasteiger partial charge >= 0.3 is 8.60 Å². The maximum absolute atomic E-state index is 10.7. The zero-order valence-corrected chi connectivity index (χ0v) is 32.3. The Morgan fingerprint density at radius 1 is 0.609 bits per heavy atom. The zero-order chi connectivity index (χ0) is 34.1. The van der Waals surface area contributed by atoms with Crippen molar-refractivity contribution in [2.24, 2.45) is 0 Å². The van der Waals surface area contributed by atoms with Gasteiger partial charge in [-0.05, 0) is 70.9 Å². The molecule has 0 saturated heterocycles. The van der Waals surface area contributed by atoms with Gasteiger partial charge in [0.25, 0.3) is 0 Å². The molecule has 0 bridgehead atoms. The van der Waals surface area contributed by atoms with Crippen LogP contribution in [0.2, 0.25) is 0 Å². The van der Waals surface area contributed by atoms with E-state index in [1.807, 2.05) is 0 Å². The van der Waals surface area contributed by atoms with Crippen molar-refractivity contribution < 1.29 is 14.3 Å². The summed E-state index contributed by atoms with van der Waals surface area (Å²) >= 11 is 0. The van der Waals surface area contributed by atoms with Crippen LogP contribution >= 0.6 is 8.60 Å². The topological polar surface area (TPSA) is 49.7 Å². The number of unbranched alkanes of at least 4 members (excludes halogenated alkanes) is 14. The maximum Gasteiger partial charge on any atom is 0.328 e. The van der Waals surface area contributed by atoms with E-state index in [4.69, 9.17) is 4.52 Å². The molecule has 0 amide bonds. The van der Waals surface area contributed by atoms with Gasteiger partial charge in [-0.25, -0.2) is 0 Å². The number of rotatable bonds is 18. The molecular formula is C42H69O3P. The molecule has 2 aromatic carbocycles. The van der Waals surface area contributed by atoms with Crippen molar-refractivity contribution in [1.82, 2.24) is 0 Å². The lowest BCUT2D eigenvalue weighted by Crippen LogP contribution is -2.41. The molecule has 3 nitrogen and oxygen atoms in total. The van der Waals surface area contributed by atoms with Crippen LogP contribution in [-0.2, 0) is 21.0 Å². The van der Waals surface area contributed by atoms with Crippen molar-refractivity contribution in [2.75, 3.05) is 0 Å². The van der Waals surface area contributed by atoms with Gasteiger partial charge in [-0.1, -0.05) is 181 Å². The molecule has 2 aromatic rings. The first-order chi connectivity index (χ1) is 21.6. The Balaban J connectivity index is 1.83. The Morgan fingerprint density at radius 2 is 0.957 bits per heavy atom. The fraction of sp³-hybridized carbons (Fsp3) is 0.714. The SMILES string of the molecule is CCCCCCCCCCCCCCCCCC1(OP(O)O)c2c(cc(C)cc2C(C)(C)C)C(C)c2cc(C)cc(C(C)(C)C)c21. The summed E-state index contributed by atoms with van der Waals surface area (Å²) in [4.78, 5) is 21.4. The van der Waals surface area contributed by atoms with Crippen LogP contribution in [0.4, 0.5) is 0 Å². The normalized spacial score (nSPS) is 18.2. The third-order valence-corrected chi connectivity index (χ3v) is 10.8. The molecule has 0 atom stereocenters. The minimum atomic E-state index is -2.59. The second-order valence-electron chi connectivity index (χ2n) is 16.6. The van der Waals surface area contributed by atoms with Crippen molar-refractivity contribution in [1.29, 1.82) is 0 Å². The Morgan fingerprint density at radius 3 is 1.28 bits per heavy atom. The van der Waals surface area contributed by atoms with E-state index in [1.165, 1.54) is 128 Å². The van der Waals surface area contributed by atoms with E-state index in [9.17, 15) is 9.79 Å². The van der Waals surface area contributed by atoms with Gasteiger partial charge in [-0.3, -0.25) is 4.52 Å². The first-order valence-corrected chi connectivity index (χ1v) is 20.0. The minimum Gasteiger partial charge on any atom is -0.328 e. The van der Waals surface area contributed by atoms with E-state index in [0.717, 1.165) is 19.3 Å². The van der Waals surface area contributed by atoms with E-state index >= 15 is 0 Å². The molecular weight excluding hydrogens is 583 g/mol. The van der Waals surface area contributed by atoms with Crippen molar-refractivity contribution in [3.63, 3.8) is 0 Å². The largest absolute Gasteiger partial charge is 0.328 e. The molecule has 2 N–H and O–H groups in total. The first kappa shape index (κ1) is 39.2. The molecule has 4 heteroatoms. The molecule has 1 aliphatic carbocycles. The summed E-state index contributed by atoms with van der Waals surface area (Å²) in [7, 11) is -2.59. The molecule has 0 radical (unpaired) electrons. The lowest BCUT2D eigenvalue weighted by Gasteiger charge is -2.48. The van der Waals surface area contributed by atoms with Crippen LogP contribution in [0.15, 0.2) is 24.3 Å². The maximum atomic E-state index is 10.7. The average Bonchev–Trinajstić information content (AvgIpc) is 2.95. The molecule has 260 valence electrons. The third kappa shape index (κ3) is 10.1. The number of aryl methyl sites for hydroxylation is 2. The smallest absolute Gasteiger partial charge is 0.328 e. The van der Waals surface area contributed by atoms with Gasteiger partial charge < -0.3 is 9.79 Å². The van der Waals surface area contributed by atoms with Crippen LogP contribution < -0.4 is 0 Å². The highest BCUT2D eigenvalue weighted by Crippen LogP contribution is 2.59.